The maximum absolute atomic E-state index is 12.6. The van der Waals surface area contributed by atoms with E-state index in [0.717, 1.165) is 19.3 Å². The van der Waals surface area contributed by atoms with E-state index in [1.54, 1.807) is 0 Å². The van der Waals surface area contributed by atoms with Crippen LogP contribution in [0.25, 0.3) is 0 Å². The highest BCUT2D eigenvalue weighted by molar-refractivity contribution is 7.89. The molecule has 1 fully saturated rings. The van der Waals surface area contributed by atoms with Crippen molar-refractivity contribution < 1.29 is 22.6 Å². The molecule has 0 spiro atoms. The molecule has 7 nitrogen and oxygen atoms in total. The Morgan fingerprint density at radius 2 is 1.65 bits per heavy atom. The van der Waals surface area contributed by atoms with Crippen LogP contribution in [0.4, 0.5) is 0 Å². The van der Waals surface area contributed by atoms with Gasteiger partial charge in [0.15, 0.2) is 4.90 Å². The molecule has 0 unspecified atom stereocenters. The van der Waals surface area contributed by atoms with Crippen molar-refractivity contribution in [1.29, 1.82) is 0 Å². The molecule has 0 radical (unpaired) electrons. The fraction of sp³-hybridized carbons (Fsp3) is 0.571. The number of ether oxygens (including phenoxy) is 3. The van der Waals surface area contributed by atoms with Crippen molar-refractivity contribution in [3.8, 4) is 17.2 Å². The normalized spacial score (nSPS) is 16.0. The van der Waals surface area contributed by atoms with Gasteiger partial charge in [0.25, 0.3) is 0 Å². The molecule has 132 valence electrons. The van der Waals surface area contributed by atoms with Crippen LogP contribution in [0, 0.1) is 0 Å². The van der Waals surface area contributed by atoms with Crippen LogP contribution < -0.4 is 24.7 Å². The molecule has 0 aliphatic heterocycles. The summed E-state index contributed by atoms with van der Waals surface area (Å²) in [7, 11) is 0.451. The van der Waals surface area contributed by atoms with Crippen molar-refractivity contribution in [1.82, 2.24) is 4.72 Å². The van der Waals surface area contributed by atoms with Crippen LogP contribution in [0.5, 0.6) is 17.2 Å². The van der Waals surface area contributed by atoms with E-state index < -0.39 is 15.6 Å². The lowest BCUT2D eigenvalue weighted by Gasteiger charge is -2.38. The monoisotopic (exact) mass is 366 g/mol. The van der Waals surface area contributed by atoms with E-state index in [2.05, 4.69) is 4.72 Å². The minimum atomic E-state index is -3.82. The number of nitrogens with two attached hydrogens (primary N) is 1. The quantitative estimate of drug-likeness (QED) is 0.754. The second-order valence-corrected chi connectivity index (χ2v) is 7.11. The molecule has 1 aliphatic rings. The summed E-state index contributed by atoms with van der Waals surface area (Å²) < 4.78 is 43.2. The highest BCUT2D eigenvalue weighted by Crippen LogP contribution is 2.38. The van der Waals surface area contributed by atoms with Crippen molar-refractivity contribution in [2.24, 2.45) is 5.73 Å². The standard InChI is InChI=1S/C14H22N2O5S.ClH/c1-19-10-7-11(20-2)13(12(8-10)21-3)22(17,18)16-9-14(15)5-4-6-14;/h7-8,16H,4-6,9,15H2,1-3H3;1H. The summed E-state index contributed by atoms with van der Waals surface area (Å²) in [6, 6.07) is 3.00. The van der Waals surface area contributed by atoms with E-state index in [1.165, 1.54) is 33.5 Å². The molecule has 1 aromatic carbocycles. The van der Waals surface area contributed by atoms with Gasteiger partial charge in [-0.2, -0.15) is 0 Å². The average Bonchev–Trinajstić information content (AvgIpc) is 2.49. The van der Waals surface area contributed by atoms with Crippen LogP contribution in [0.2, 0.25) is 0 Å². The lowest BCUT2D eigenvalue weighted by atomic mass is 9.78. The fourth-order valence-electron chi connectivity index (χ4n) is 2.36. The highest BCUT2D eigenvalue weighted by Gasteiger charge is 2.35. The molecular formula is C14H23ClN2O5S. The third-order valence-corrected chi connectivity index (χ3v) is 5.37. The van der Waals surface area contributed by atoms with Gasteiger partial charge in [0, 0.05) is 24.2 Å². The number of hydrogen-bond acceptors (Lipinski definition) is 6. The Balaban J connectivity index is 0.00000264. The first kappa shape index (κ1) is 19.8. The summed E-state index contributed by atoms with van der Waals surface area (Å²) in [5.74, 6) is 0.758. The Bertz CT molecular complexity index is 622. The predicted octanol–water partition coefficient (Wildman–Crippen LogP) is 1.29. The van der Waals surface area contributed by atoms with Crippen LogP contribution >= 0.6 is 12.4 Å². The van der Waals surface area contributed by atoms with Crippen molar-refractivity contribution in [3.63, 3.8) is 0 Å². The molecule has 0 bridgehead atoms. The zero-order chi connectivity index (χ0) is 16.4. The van der Waals surface area contributed by atoms with Gasteiger partial charge in [0.05, 0.1) is 21.3 Å². The van der Waals surface area contributed by atoms with E-state index in [0.29, 0.717) is 5.75 Å². The maximum Gasteiger partial charge on any atom is 0.248 e. The van der Waals surface area contributed by atoms with Gasteiger partial charge in [-0.1, -0.05) is 0 Å². The smallest absolute Gasteiger partial charge is 0.248 e. The maximum atomic E-state index is 12.6. The first-order chi connectivity index (χ1) is 10.3. The second kappa shape index (κ2) is 7.57. The Hall–Kier alpha value is -1.22. The number of nitrogens with one attached hydrogen (secondary N) is 1. The summed E-state index contributed by atoms with van der Waals surface area (Å²) >= 11 is 0. The largest absolute Gasteiger partial charge is 0.496 e. The summed E-state index contributed by atoms with van der Waals surface area (Å²) in [5.41, 5.74) is 5.61. The van der Waals surface area contributed by atoms with E-state index in [9.17, 15) is 8.42 Å². The number of halogens is 1. The van der Waals surface area contributed by atoms with Gasteiger partial charge in [-0.05, 0) is 19.3 Å². The van der Waals surface area contributed by atoms with E-state index >= 15 is 0 Å². The first-order valence-corrected chi connectivity index (χ1v) is 8.42. The molecule has 9 heteroatoms. The van der Waals surface area contributed by atoms with Gasteiger partial charge in [-0.25, -0.2) is 13.1 Å². The molecule has 0 atom stereocenters. The third-order valence-electron chi connectivity index (χ3n) is 3.90. The molecule has 0 aromatic heterocycles. The lowest BCUT2D eigenvalue weighted by Crippen LogP contribution is -2.54. The molecule has 1 aliphatic carbocycles. The Morgan fingerprint density at radius 3 is 2.00 bits per heavy atom. The zero-order valence-corrected chi connectivity index (χ0v) is 15.1. The van der Waals surface area contributed by atoms with Crippen LogP contribution in [-0.2, 0) is 10.0 Å². The Kier molecular flexibility index (Phi) is 6.52. The van der Waals surface area contributed by atoms with Crippen molar-refractivity contribution in [3.05, 3.63) is 12.1 Å². The number of sulfonamides is 1. The minimum absolute atomic E-state index is 0. The molecule has 23 heavy (non-hydrogen) atoms. The highest BCUT2D eigenvalue weighted by atomic mass is 35.5. The summed E-state index contributed by atoms with van der Waals surface area (Å²) in [4.78, 5) is -0.0544. The molecule has 0 heterocycles. The molecule has 1 aromatic rings. The first-order valence-electron chi connectivity index (χ1n) is 6.94. The Morgan fingerprint density at radius 1 is 1.13 bits per heavy atom. The number of hydrogen-bond donors (Lipinski definition) is 2. The molecular weight excluding hydrogens is 344 g/mol. The molecule has 3 N–H and O–H groups in total. The Labute approximate surface area is 142 Å². The fourth-order valence-corrected chi connectivity index (χ4v) is 3.79. The van der Waals surface area contributed by atoms with Crippen LogP contribution in [0.3, 0.4) is 0 Å². The predicted molar refractivity (Wildman–Crippen MR) is 89.3 cm³/mol. The summed E-state index contributed by atoms with van der Waals surface area (Å²) in [5, 5.41) is 0. The zero-order valence-electron chi connectivity index (χ0n) is 13.4. The molecule has 0 amide bonds. The van der Waals surface area contributed by atoms with Gasteiger partial charge in [0.2, 0.25) is 10.0 Å². The molecule has 0 saturated heterocycles. The number of methoxy groups -OCH3 is 3. The molecule has 2 rings (SSSR count). The van der Waals surface area contributed by atoms with Crippen LogP contribution in [0.1, 0.15) is 19.3 Å². The van der Waals surface area contributed by atoms with Gasteiger partial charge in [0.1, 0.15) is 17.2 Å². The van der Waals surface area contributed by atoms with Crippen molar-refractivity contribution >= 4 is 22.4 Å². The van der Waals surface area contributed by atoms with Crippen LogP contribution in [0.15, 0.2) is 17.0 Å². The van der Waals surface area contributed by atoms with Gasteiger partial charge >= 0.3 is 0 Å². The van der Waals surface area contributed by atoms with E-state index in [-0.39, 0.29) is 35.3 Å². The van der Waals surface area contributed by atoms with Crippen molar-refractivity contribution in [2.75, 3.05) is 27.9 Å². The minimum Gasteiger partial charge on any atom is -0.496 e. The van der Waals surface area contributed by atoms with E-state index in [4.69, 9.17) is 19.9 Å². The summed E-state index contributed by atoms with van der Waals surface area (Å²) in [6.07, 6.45) is 2.65. The van der Waals surface area contributed by atoms with Crippen LogP contribution in [-0.4, -0.2) is 41.8 Å². The third kappa shape index (κ3) is 4.20. The molecule has 1 saturated carbocycles. The number of benzene rings is 1. The van der Waals surface area contributed by atoms with Crippen molar-refractivity contribution in [2.45, 2.75) is 29.7 Å². The average molecular weight is 367 g/mol. The number of rotatable bonds is 7. The van der Waals surface area contributed by atoms with Gasteiger partial charge in [-0.3, -0.25) is 0 Å². The SMILES string of the molecule is COc1cc(OC)c(S(=O)(=O)NCC2(N)CCC2)c(OC)c1.Cl. The van der Waals surface area contributed by atoms with Gasteiger partial charge < -0.3 is 19.9 Å². The topological polar surface area (TPSA) is 99.9 Å². The van der Waals surface area contributed by atoms with Gasteiger partial charge in [-0.15, -0.1) is 12.4 Å². The second-order valence-electron chi connectivity index (χ2n) is 5.40. The van der Waals surface area contributed by atoms with E-state index in [1.807, 2.05) is 0 Å². The summed E-state index contributed by atoms with van der Waals surface area (Å²) in [6.45, 7) is 0.188. The lowest BCUT2D eigenvalue weighted by molar-refractivity contribution is 0.250.